The molecule has 1 aromatic heterocycles. The lowest BCUT2D eigenvalue weighted by atomic mass is 10.1. The largest absolute Gasteiger partial charge is 0.491 e. The van der Waals surface area contributed by atoms with E-state index < -0.39 is 6.10 Å². The average molecular weight is 364 g/mol. The van der Waals surface area contributed by atoms with E-state index in [0.29, 0.717) is 6.54 Å². The minimum absolute atomic E-state index is 0.155. The average Bonchev–Trinajstić information content (AvgIpc) is 3.20. The van der Waals surface area contributed by atoms with Crippen molar-refractivity contribution in [2.24, 2.45) is 0 Å². The Hall–Kier alpha value is -3.05. The Bertz CT molecular complexity index is 845. The number of rotatable bonds is 9. The van der Waals surface area contributed by atoms with Gasteiger partial charge in [-0.2, -0.15) is 5.10 Å². The van der Waals surface area contributed by atoms with Gasteiger partial charge < -0.3 is 14.6 Å². The molecule has 1 N–H and O–H groups in total. The lowest BCUT2D eigenvalue weighted by Gasteiger charge is -2.16. The van der Waals surface area contributed by atoms with Gasteiger partial charge in [-0.25, -0.2) is 0 Å². The molecule has 2 aromatic carbocycles. The molecule has 0 aliphatic heterocycles. The van der Waals surface area contributed by atoms with Crippen LogP contribution in [0.15, 0.2) is 73.1 Å². The molecule has 3 rings (SSSR count). The summed E-state index contributed by atoms with van der Waals surface area (Å²) in [5, 5.41) is 14.4. The first kappa shape index (κ1) is 18.7. The summed E-state index contributed by atoms with van der Waals surface area (Å²) < 4.78 is 13.3. The normalized spacial score (nSPS) is 12.2. The Kier molecular flexibility index (Phi) is 6.66. The van der Waals surface area contributed by atoms with Crippen LogP contribution in [0.5, 0.6) is 11.5 Å². The molecule has 0 spiro atoms. The van der Waals surface area contributed by atoms with Crippen molar-refractivity contribution in [3.63, 3.8) is 0 Å². The number of ether oxygens (including phenoxy) is 2. The first-order chi connectivity index (χ1) is 13.2. The number of para-hydroxylation sites is 1. The van der Waals surface area contributed by atoms with Crippen molar-refractivity contribution in [1.29, 1.82) is 0 Å². The standard InChI is InChI=1S/C22H24N2O3/c1-2-7-19-11-10-18(15-24-13-6-12-23-24)14-22(19)27-17-20(25)16-26-21-8-4-3-5-9-21/h2-14,20,25H,15-17H2,1H3/b7-2+. The first-order valence-corrected chi connectivity index (χ1v) is 8.96. The van der Waals surface area contributed by atoms with Crippen LogP contribution in [0, 0.1) is 0 Å². The predicted octanol–water partition coefficient (Wildman–Crippen LogP) is 3.78. The molecule has 1 atom stereocenters. The zero-order valence-electron chi connectivity index (χ0n) is 15.4. The Labute approximate surface area is 159 Å². The van der Waals surface area contributed by atoms with Gasteiger partial charge in [-0.05, 0) is 36.8 Å². The van der Waals surface area contributed by atoms with Crippen LogP contribution in [0.1, 0.15) is 18.1 Å². The lowest BCUT2D eigenvalue weighted by Crippen LogP contribution is -2.25. The van der Waals surface area contributed by atoms with E-state index >= 15 is 0 Å². The van der Waals surface area contributed by atoms with Gasteiger partial charge in [0.05, 0.1) is 6.54 Å². The molecule has 1 heterocycles. The van der Waals surface area contributed by atoms with Gasteiger partial charge >= 0.3 is 0 Å². The quantitative estimate of drug-likeness (QED) is 0.628. The van der Waals surface area contributed by atoms with Crippen LogP contribution in [0.3, 0.4) is 0 Å². The van der Waals surface area contributed by atoms with Crippen LogP contribution < -0.4 is 9.47 Å². The van der Waals surface area contributed by atoms with E-state index in [0.717, 1.165) is 22.6 Å². The summed E-state index contributed by atoms with van der Waals surface area (Å²) in [4.78, 5) is 0. The maximum atomic E-state index is 10.2. The molecule has 0 bridgehead atoms. The van der Waals surface area contributed by atoms with E-state index in [-0.39, 0.29) is 13.2 Å². The maximum absolute atomic E-state index is 10.2. The second kappa shape index (κ2) is 9.59. The van der Waals surface area contributed by atoms with Crippen molar-refractivity contribution in [1.82, 2.24) is 9.78 Å². The van der Waals surface area contributed by atoms with Crippen LogP contribution in [-0.4, -0.2) is 34.2 Å². The van der Waals surface area contributed by atoms with E-state index in [1.54, 1.807) is 6.20 Å². The fourth-order valence-corrected chi connectivity index (χ4v) is 2.64. The van der Waals surface area contributed by atoms with E-state index in [9.17, 15) is 5.11 Å². The predicted molar refractivity (Wildman–Crippen MR) is 106 cm³/mol. The fourth-order valence-electron chi connectivity index (χ4n) is 2.64. The molecule has 140 valence electrons. The van der Waals surface area contributed by atoms with Gasteiger partial charge in [-0.1, -0.05) is 42.5 Å². The first-order valence-electron chi connectivity index (χ1n) is 8.96. The van der Waals surface area contributed by atoms with E-state index in [2.05, 4.69) is 11.2 Å². The van der Waals surface area contributed by atoms with Gasteiger partial charge in [0.1, 0.15) is 30.8 Å². The fraction of sp³-hybridized carbons (Fsp3) is 0.227. The molecule has 27 heavy (non-hydrogen) atoms. The van der Waals surface area contributed by atoms with Gasteiger partial charge in [0, 0.05) is 18.0 Å². The van der Waals surface area contributed by atoms with Gasteiger partial charge in [-0.3, -0.25) is 4.68 Å². The summed E-state index contributed by atoms with van der Waals surface area (Å²) >= 11 is 0. The van der Waals surface area contributed by atoms with Crippen molar-refractivity contribution >= 4 is 6.08 Å². The molecule has 0 radical (unpaired) electrons. The van der Waals surface area contributed by atoms with Crippen LogP contribution >= 0.6 is 0 Å². The number of nitrogens with zero attached hydrogens (tertiary/aromatic N) is 2. The number of hydrogen-bond acceptors (Lipinski definition) is 4. The number of hydrogen-bond donors (Lipinski definition) is 1. The van der Waals surface area contributed by atoms with Crippen molar-refractivity contribution < 1.29 is 14.6 Å². The highest BCUT2D eigenvalue weighted by Gasteiger charge is 2.10. The van der Waals surface area contributed by atoms with Crippen LogP contribution in [0.25, 0.3) is 6.08 Å². The molecule has 3 aromatic rings. The van der Waals surface area contributed by atoms with Gasteiger partial charge in [0.15, 0.2) is 0 Å². The molecular formula is C22H24N2O3. The molecule has 5 heteroatoms. The van der Waals surface area contributed by atoms with Gasteiger partial charge in [0.25, 0.3) is 0 Å². The molecule has 0 aliphatic carbocycles. The zero-order valence-corrected chi connectivity index (χ0v) is 15.4. The van der Waals surface area contributed by atoms with E-state index in [1.807, 2.05) is 78.5 Å². The van der Waals surface area contributed by atoms with Crippen LogP contribution in [-0.2, 0) is 6.54 Å². The maximum Gasteiger partial charge on any atom is 0.126 e. The summed E-state index contributed by atoms with van der Waals surface area (Å²) in [5.74, 6) is 1.46. The third-order valence-corrected chi connectivity index (χ3v) is 3.94. The highest BCUT2D eigenvalue weighted by Crippen LogP contribution is 2.23. The molecule has 0 aliphatic rings. The van der Waals surface area contributed by atoms with Gasteiger partial charge in [0.2, 0.25) is 0 Å². The van der Waals surface area contributed by atoms with Crippen molar-refractivity contribution in [3.05, 3.63) is 84.2 Å². The number of aliphatic hydroxyl groups is 1. The van der Waals surface area contributed by atoms with Crippen LogP contribution in [0.4, 0.5) is 0 Å². The molecule has 0 saturated carbocycles. The summed E-state index contributed by atoms with van der Waals surface area (Å²) in [6, 6.07) is 17.4. The lowest BCUT2D eigenvalue weighted by molar-refractivity contribution is 0.0625. The third kappa shape index (κ3) is 5.72. The summed E-state index contributed by atoms with van der Waals surface area (Å²) in [7, 11) is 0. The molecular weight excluding hydrogens is 340 g/mol. The molecule has 5 nitrogen and oxygen atoms in total. The topological polar surface area (TPSA) is 56.5 Å². The van der Waals surface area contributed by atoms with Crippen LogP contribution in [0.2, 0.25) is 0 Å². The smallest absolute Gasteiger partial charge is 0.126 e. The monoisotopic (exact) mass is 364 g/mol. The second-order valence-corrected chi connectivity index (χ2v) is 6.16. The third-order valence-electron chi connectivity index (χ3n) is 3.94. The zero-order chi connectivity index (χ0) is 18.9. The van der Waals surface area contributed by atoms with Gasteiger partial charge in [-0.15, -0.1) is 0 Å². The number of benzene rings is 2. The Morgan fingerprint density at radius 1 is 1.07 bits per heavy atom. The second-order valence-electron chi connectivity index (χ2n) is 6.16. The SMILES string of the molecule is C/C=C/c1ccc(Cn2cccn2)cc1OCC(O)COc1ccccc1. The number of allylic oxidation sites excluding steroid dienone is 1. The van der Waals surface area contributed by atoms with Crippen molar-refractivity contribution in [2.75, 3.05) is 13.2 Å². The number of aromatic nitrogens is 2. The van der Waals surface area contributed by atoms with E-state index in [4.69, 9.17) is 9.47 Å². The minimum Gasteiger partial charge on any atom is -0.491 e. The Morgan fingerprint density at radius 2 is 1.89 bits per heavy atom. The Balaban J connectivity index is 1.61. The highest BCUT2D eigenvalue weighted by atomic mass is 16.5. The molecule has 1 unspecified atom stereocenters. The highest BCUT2D eigenvalue weighted by molar-refractivity contribution is 5.58. The molecule has 0 fully saturated rings. The van der Waals surface area contributed by atoms with E-state index in [1.165, 1.54) is 0 Å². The number of aliphatic hydroxyl groups excluding tert-OH is 1. The summed E-state index contributed by atoms with van der Waals surface area (Å²) in [6.45, 7) is 2.96. The summed E-state index contributed by atoms with van der Waals surface area (Å²) in [6.07, 6.45) is 6.91. The summed E-state index contributed by atoms with van der Waals surface area (Å²) in [5.41, 5.74) is 2.05. The minimum atomic E-state index is -0.724. The van der Waals surface area contributed by atoms with Crippen molar-refractivity contribution in [3.8, 4) is 11.5 Å². The van der Waals surface area contributed by atoms with Crippen molar-refractivity contribution in [2.45, 2.75) is 19.6 Å². The molecule has 0 saturated heterocycles. The Morgan fingerprint density at radius 3 is 2.63 bits per heavy atom. The molecule has 0 amide bonds.